The van der Waals surface area contributed by atoms with Gasteiger partial charge in [-0.1, -0.05) is 54.1 Å². The fourth-order valence-electron chi connectivity index (χ4n) is 4.21. The lowest BCUT2D eigenvalue weighted by Gasteiger charge is -2.26. The second-order valence-corrected chi connectivity index (χ2v) is 9.39. The van der Waals surface area contributed by atoms with Crippen LogP contribution in [0.1, 0.15) is 22.7 Å². The molecule has 1 atom stereocenters. The number of nitrogens with zero attached hydrogens (tertiary/aromatic N) is 2. The fraction of sp³-hybridized carbons (Fsp3) is 0.241. The summed E-state index contributed by atoms with van der Waals surface area (Å²) in [5.41, 5.74) is 1.92. The first-order chi connectivity index (χ1) is 17.8. The highest BCUT2D eigenvalue weighted by atomic mass is 35.5. The predicted molar refractivity (Wildman–Crippen MR) is 143 cm³/mol. The molecule has 3 aromatic rings. The third-order valence-corrected chi connectivity index (χ3v) is 6.53. The number of likely N-dealkylation sites (N-methyl/N-ethyl adjacent to an activating group) is 1. The minimum absolute atomic E-state index is 0.0168. The average molecular weight is 521 g/mol. The van der Waals surface area contributed by atoms with Crippen LogP contribution < -0.4 is 9.47 Å². The standard InChI is InChI=1S/C29H29ClN2O5/c1-31(2)15-16-32-26(20-9-11-21(12-10-20)37-18-19-7-5-4-6-8-19)25(28(34)29(32)35)27(33)23-17-22(36-3)13-14-24(23)30/h4-14,17,26,33H,15-16,18H2,1-3H3/b27-25+. The summed E-state index contributed by atoms with van der Waals surface area (Å²) in [5.74, 6) is -0.664. The largest absolute Gasteiger partial charge is 0.507 e. The smallest absolute Gasteiger partial charge is 0.295 e. The SMILES string of the molecule is COc1ccc(Cl)c(/C(O)=C2\C(=O)C(=O)N(CCN(C)C)C2c2ccc(OCc3ccccc3)cc2)c1. The lowest BCUT2D eigenvalue weighted by Crippen LogP contribution is -2.35. The van der Waals surface area contributed by atoms with Gasteiger partial charge in [0.15, 0.2) is 0 Å². The zero-order valence-corrected chi connectivity index (χ0v) is 21.7. The maximum atomic E-state index is 13.2. The molecule has 37 heavy (non-hydrogen) atoms. The molecule has 1 amide bonds. The monoisotopic (exact) mass is 520 g/mol. The van der Waals surface area contributed by atoms with E-state index in [-0.39, 0.29) is 21.9 Å². The van der Waals surface area contributed by atoms with E-state index in [2.05, 4.69) is 0 Å². The van der Waals surface area contributed by atoms with Crippen LogP contribution in [0, 0.1) is 0 Å². The summed E-state index contributed by atoms with van der Waals surface area (Å²) in [5, 5.41) is 11.5. The van der Waals surface area contributed by atoms with Crippen molar-refractivity contribution in [2.24, 2.45) is 0 Å². The third-order valence-electron chi connectivity index (χ3n) is 6.20. The second-order valence-electron chi connectivity index (χ2n) is 8.98. The zero-order valence-electron chi connectivity index (χ0n) is 21.0. The molecule has 0 aromatic heterocycles. The third kappa shape index (κ3) is 5.79. The van der Waals surface area contributed by atoms with E-state index < -0.39 is 17.7 Å². The van der Waals surface area contributed by atoms with Gasteiger partial charge in [-0.05, 0) is 55.6 Å². The summed E-state index contributed by atoms with van der Waals surface area (Å²) in [6.45, 7) is 1.26. The Bertz CT molecular complexity index is 1310. The minimum atomic E-state index is -0.787. The highest BCUT2D eigenvalue weighted by Crippen LogP contribution is 2.41. The van der Waals surface area contributed by atoms with E-state index in [0.29, 0.717) is 36.8 Å². The van der Waals surface area contributed by atoms with Crippen LogP contribution in [0.5, 0.6) is 11.5 Å². The molecule has 1 heterocycles. The quantitative estimate of drug-likeness (QED) is 0.245. The molecule has 0 bridgehead atoms. The fourth-order valence-corrected chi connectivity index (χ4v) is 4.42. The van der Waals surface area contributed by atoms with Gasteiger partial charge < -0.3 is 24.4 Å². The Hall–Kier alpha value is -3.81. The number of aliphatic hydroxyl groups is 1. The number of hydrogen-bond donors (Lipinski definition) is 1. The molecule has 1 saturated heterocycles. The molecule has 1 aliphatic rings. The van der Waals surface area contributed by atoms with Gasteiger partial charge in [-0.25, -0.2) is 0 Å². The molecule has 1 aliphatic heterocycles. The Morgan fingerprint density at radius 1 is 1.00 bits per heavy atom. The molecular weight excluding hydrogens is 492 g/mol. The van der Waals surface area contributed by atoms with Gasteiger partial charge in [-0.2, -0.15) is 0 Å². The van der Waals surface area contributed by atoms with Gasteiger partial charge in [0.2, 0.25) is 0 Å². The number of likely N-dealkylation sites (tertiary alicyclic amines) is 1. The Kier molecular flexibility index (Phi) is 8.16. The van der Waals surface area contributed by atoms with Crippen LogP contribution in [0.2, 0.25) is 5.02 Å². The topological polar surface area (TPSA) is 79.3 Å². The van der Waals surface area contributed by atoms with Crippen molar-refractivity contribution in [2.75, 3.05) is 34.3 Å². The van der Waals surface area contributed by atoms with Crippen molar-refractivity contribution in [3.8, 4) is 11.5 Å². The number of ether oxygens (including phenoxy) is 2. The maximum Gasteiger partial charge on any atom is 0.295 e. The average Bonchev–Trinajstić information content (AvgIpc) is 3.16. The number of aliphatic hydroxyl groups excluding tert-OH is 1. The van der Waals surface area contributed by atoms with Gasteiger partial charge in [0.25, 0.3) is 11.7 Å². The van der Waals surface area contributed by atoms with E-state index >= 15 is 0 Å². The van der Waals surface area contributed by atoms with Crippen molar-refractivity contribution in [1.29, 1.82) is 0 Å². The molecule has 3 aromatic carbocycles. The van der Waals surface area contributed by atoms with Crippen molar-refractivity contribution in [3.63, 3.8) is 0 Å². The number of ketones is 1. The van der Waals surface area contributed by atoms with Crippen LogP contribution in [-0.2, 0) is 16.2 Å². The van der Waals surface area contributed by atoms with E-state index in [4.69, 9.17) is 21.1 Å². The number of Topliss-reactive ketones (excluding diaryl/α,β-unsaturated/α-hetero) is 1. The normalized spacial score (nSPS) is 16.9. The van der Waals surface area contributed by atoms with Crippen LogP contribution >= 0.6 is 11.6 Å². The number of amides is 1. The van der Waals surface area contributed by atoms with Crippen molar-refractivity contribution in [3.05, 3.63) is 100 Å². The molecule has 0 radical (unpaired) electrons. The molecule has 0 spiro atoms. The molecule has 0 aliphatic carbocycles. The molecule has 192 valence electrons. The van der Waals surface area contributed by atoms with Crippen molar-refractivity contribution in [1.82, 2.24) is 9.80 Å². The predicted octanol–water partition coefficient (Wildman–Crippen LogP) is 4.91. The van der Waals surface area contributed by atoms with Gasteiger partial charge in [0.1, 0.15) is 23.9 Å². The van der Waals surface area contributed by atoms with Gasteiger partial charge in [-0.3, -0.25) is 9.59 Å². The van der Waals surface area contributed by atoms with Crippen LogP contribution in [0.25, 0.3) is 5.76 Å². The van der Waals surface area contributed by atoms with E-state index in [1.807, 2.05) is 49.3 Å². The number of benzene rings is 3. The summed E-state index contributed by atoms with van der Waals surface area (Å²) in [7, 11) is 5.27. The van der Waals surface area contributed by atoms with E-state index in [9.17, 15) is 14.7 Å². The number of halogens is 1. The highest BCUT2D eigenvalue weighted by Gasteiger charge is 2.46. The number of rotatable bonds is 9. The van der Waals surface area contributed by atoms with Gasteiger partial charge in [0.05, 0.1) is 23.7 Å². The Balaban J connectivity index is 1.72. The summed E-state index contributed by atoms with van der Waals surface area (Å²) in [6, 6.07) is 21.0. The Morgan fingerprint density at radius 3 is 2.32 bits per heavy atom. The van der Waals surface area contributed by atoms with Crippen LogP contribution in [-0.4, -0.2) is 60.9 Å². The van der Waals surface area contributed by atoms with Crippen LogP contribution in [0.4, 0.5) is 0 Å². The Labute approximate surface area is 221 Å². The van der Waals surface area contributed by atoms with Crippen molar-refractivity contribution < 1.29 is 24.2 Å². The minimum Gasteiger partial charge on any atom is -0.507 e. The number of methoxy groups -OCH3 is 1. The first-order valence-electron chi connectivity index (χ1n) is 11.8. The summed E-state index contributed by atoms with van der Waals surface area (Å²) >= 11 is 6.37. The first kappa shape index (κ1) is 26.3. The molecule has 1 unspecified atom stereocenters. The van der Waals surface area contributed by atoms with Gasteiger partial charge in [-0.15, -0.1) is 0 Å². The molecule has 8 heteroatoms. The number of carbonyl (C=O) groups is 2. The Morgan fingerprint density at radius 2 is 1.68 bits per heavy atom. The molecule has 7 nitrogen and oxygen atoms in total. The molecule has 0 saturated carbocycles. The lowest BCUT2D eigenvalue weighted by molar-refractivity contribution is -0.140. The van der Waals surface area contributed by atoms with Crippen molar-refractivity contribution in [2.45, 2.75) is 12.6 Å². The molecule has 1 N–H and O–H groups in total. The van der Waals surface area contributed by atoms with Gasteiger partial charge in [0, 0.05) is 18.7 Å². The first-order valence-corrected chi connectivity index (χ1v) is 12.2. The highest BCUT2D eigenvalue weighted by molar-refractivity contribution is 6.47. The number of carbonyl (C=O) groups excluding carboxylic acids is 2. The van der Waals surface area contributed by atoms with Crippen LogP contribution in [0.15, 0.2) is 78.4 Å². The van der Waals surface area contributed by atoms with Gasteiger partial charge >= 0.3 is 0 Å². The maximum absolute atomic E-state index is 13.2. The van der Waals surface area contributed by atoms with Crippen molar-refractivity contribution >= 4 is 29.1 Å². The molecular formula is C29H29ClN2O5. The van der Waals surface area contributed by atoms with E-state index in [0.717, 1.165) is 5.56 Å². The summed E-state index contributed by atoms with van der Waals surface area (Å²) in [4.78, 5) is 29.8. The van der Waals surface area contributed by atoms with Crippen LogP contribution in [0.3, 0.4) is 0 Å². The summed E-state index contributed by atoms with van der Waals surface area (Å²) in [6.07, 6.45) is 0. The second kappa shape index (κ2) is 11.5. The molecule has 1 fully saturated rings. The number of hydrogen-bond acceptors (Lipinski definition) is 6. The van der Waals surface area contributed by atoms with E-state index in [1.165, 1.54) is 12.0 Å². The van der Waals surface area contributed by atoms with E-state index in [1.54, 1.807) is 42.5 Å². The summed E-state index contributed by atoms with van der Waals surface area (Å²) < 4.78 is 11.2. The molecule has 4 rings (SSSR count). The lowest BCUT2D eigenvalue weighted by atomic mass is 9.95. The zero-order chi connectivity index (χ0) is 26.5.